The van der Waals surface area contributed by atoms with E-state index < -0.39 is 5.97 Å². The zero-order valence-electron chi connectivity index (χ0n) is 9.69. The highest BCUT2D eigenvalue weighted by Gasteiger charge is 1.98. The van der Waals surface area contributed by atoms with Gasteiger partial charge in [-0.1, -0.05) is 30.2 Å². The highest BCUT2D eigenvalue weighted by molar-refractivity contribution is 7.98. The summed E-state index contributed by atoms with van der Waals surface area (Å²) >= 11 is 7.76. The molecule has 1 aromatic carbocycles. The van der Waals surface area contributed by atoms with Crippen molar-refractivity contribution in [2.45, 2.75) is 31.4 Å². The third-order valence-corrected chi connectivity index (χ3v) is 3.69. The molecule has 0 atom stereocenters. The van der Waals surface area contributed by atoms with Gasteiger partial charge in [-0.3, -0.25) is 4.79 Å². The first-order valence-corrected chi connectivity index (χ1v) is 7.26. The quantitative estimate of drug-likeness (QED) is 0.720. The number of unbranched alkanes of at least 4 members (excludes halogenated alkanes) is 2. The van der Waals surface area contributed by atoms with Gasteiger partial charge in [-0.25, -0.2) is 0 Å². The van der Waals surface area contributed by atoms with E-state index in [-0.39, 0.29) is 0 Å². The number of hydrogen-bond acceptors (Lipinski definition) is 2. The third-order valence-electron chi connectivity index (χ3n) is 2.34. The van der Waals surface area contributed by atoms with Crippen LogP contribution >= 0.6 is 23.4 Å². The van der Waals surface area contributed by atoms with Gasteiger partial charge < -0.3 is 5.11 Å². The van der Waals surface area contributed by atoms with Crippen LogP contribution in [0.5, 0.6) is 0 Å². The second kappa shape index (κ2) is 8.43. The van der Waals surface area contributed by atoms with Gasteiger partial charge in [-0.2, -0.15) is 11.8 Å². The lowest BCUT2D eigenvalue weighted by molar-refractivity contribution is -0.137. The minimum atomic E-state index is -0.698. The first kappa shape index (κ1) is 14.4. The molecule has 0 unspecified atom stereocenters. The van der Waals surface area contributed by atoms with Crippen molar-refractivity contribution in [2.24, 2.45) is 0 Å². The van der Waals surface area contributed by atoms with E-state index in [4.69, 9.17) is 16.7 Å². The van der Waals surface area contributed by atoms with Crippen LogP contribution in [0.3, 0.4) is 0 Å². The number of aliphatic carboxylic acids is 1. The Kier molecular flexibility index (Phi) is 7.13. The summed E-state index contributed by atoms with van der Waals surface area (Å²) in [6, 6.07) is 7.90. The minimum Gasteiger partial charge on any atom is -0.481 e. The van der Waals surface area contributed by atoms with Crippen molar-refractivity contribution in [1.82, 2.24) is 0 Å². The summed E-state index contributed by atoms with van der Waals surface area (Å²) in [6.45, 7) is 0. The Labute approximate surface area is 111 Å². The molecule has 0 spiro atoms. The normalized spacial score (nSPS) is 10.4. The molecular weight excluding hydrogens is 256 g/mol. The van der Waals surface area contributed by atoms with E-state index in [1.807, 2.05) is 30.0 Å². The van der Waals surface area contributed by atoms with Crippen molar-refractivity contribution in [2.75, 3.05) is 5.75 Å². The summed E-state index contributed by atoms with van der Waals surface area (Å²) in [6.07, 6.45) is 3.15. The maximum Gasteiger partial charge on any atom is 0.303 e. The van der Waals surface area contributed by atoms with Crippen molar-refractivity contribution < 1.29 is 9.90 Å². The van der Waals surface area contributed by atoms with Gasteiger partial charge in [-0.15, -0.1) is 0 Å². The van der Waals surface area contributed by atoms with E-state index >= 15 is 0 Å². The second-order valence-electron chi connectivity index (χ2n) is 3.89. The highest BCUT2D eigenvalue weighted by atomic mass is 35.5. The Morgan fingerprint density at radius 2 is 2.12 bits per heavy atom. The maximum absolute atomic E-state index is 10.3. The van der Waals surface area contributed by atoms with Crippen molar-refractivity contribution in [3.63, 3.8) is 0 Å². The van der Waals surface area contributed by atoms with Crippen LogP contribution in [0, 0.1) is 0 Å². The number of thioether (sulfide) groups is 1. The molecule has 0 saturated heterocycles. The summed E-state index contributed by atoms with van der Waals surface area (Å²) in [4.78, 5) is 10.3. The van der Waals surface area contributed by atoms with Crippen molar-refractivity contribution in [3.05, 3.63) is 34.9 Å². The molecule has 1 rings (SSSR count). The van der Waals surface area contributed by atoms with Gasteiger partial charge in [0.2, 0.25) is 0 Å². The molecule has 94 valence electrons. The van der Waals surface area contributed by atoms with Gasteiger partial charge in [0.15, 0.2) is 0 Å². The minimum absolute atomic E-state index is 0.291. The molecule has 0 aromatic heterocycles. The molecule has 0 saturated carbocycles. The Morgan fingerprint density at radius 1 is 1.29 bits per heavy atom. The van der Waals surface area contributed by atoms with Crippen LogP contribution in [-0.2, 0) is 10.5 Å². The molecule has 4 heteroatoms. The van der Waals surface area contributed by atoms with Crippen molar-refractivity contribution >= 4 is 29.3 Å². The molecule has 0 aliphatic heterocycles. The first-order valence-electron chi connectivity index (χ1n) is 5.72. The molecule has 1 N–H and O–H groups in total. The Morgan fingerprint density at radius 3 is 2.82 bits per heavy atom. The second-order valence-corrected chi connectivity index (χ2v) is 5.43. The van der Waals surface area contributed by atoms with Crippen molar-refractivity contribution in [1.29, 1.82) is 0 Å². The fourth-order valence-electron chi connectivity index (χ4n) is 1.47. The number of hydrogen-bond donors (Lipinski definition) is 1. The molecule has 0 radical (unpaired) electrons. The van der Waals surface area contributed by atoms with E-state index in [1.165, 1.54) is 5.56 Å². The smallest absolute Gasteiger partial charge is 0.303 e. The molecule has 0 heterocycles. The van der Waals surface area contributed by atoms with E-state index in [9.17, 15) is 4.79 Å². The fraction of sp³-hybridized carbons (Fsp3) is 0.462. The summed E-state index contributed by atoms with van der Waals surface area (Å²) < 4.78 is 0. The first-order chi connectivity index (χ1) is 8.18. The number of rotatable bonds is 8. The van der Waals surface area contributed by atoms with E-state index in [0.29, 0.717) is 6.42 Å². The van der Waals surface area contributed by atoms with Gasteiger partial charge in [0.05, 0.1) is 0 Å². The molecule has 0 amide bonds. The zero-order chi connectivity index (χ0) is 12.5. The Balaban J connectivity index is 2.03. The summed E-state index contributed by atoms with van der Waals surface area (Å²) in [5.74, 6) is 1.35. The van der Waals surface area contributed by atoms with Gasteiger partial charge in [-0.05, 0) is 36.3 Å². The number of carbonyl (C=O) groups is 1. The van der Waals surface area contributed by atoms with Crippen LogP contribution in [-0.4, -0.2) is 16.8 Å². The molecule has 0 bridgehead atoms. The van der Waals surface area contributed by atoms with Gasteiger partial charge in [0.25, 0.3) is 0 Å². The van der Waals surface area contributed by atoms with Crippen molar-refractivity contribution in [3.8, 4) is 0 Å². The lowest BCUT2D eigenvalue weighted by Gasteiger charge is -2.02. The largest absolute Gasteiger partial charge is 0.481 e. The monoisotopic (exact) mass is 272 g/mol. The van der Waals surface area contributed by atoms with Gasteiger partial charge in [0, 0.05) is 17.2 Å². The fourth-order valence-corrected chi connectivity index (χ4v) is 2.65. The number of halogens is 1. The third kappa shape index (κ3) is 7.29. The predicted molar refractivity (Wildman–Crippen MR) is 73.7 cm³/mol. The molecule has 2 nitrogen and oxygen atoms in total. The molecule has 0 fully saturated rings. The topological polar surface area (TPSA) is 37.3 Å². The molecule has 1 aromatic rings. The summed E-state index contributed by atoms with van der Waals surface area (Å²) in [5.41, 5.74) is 1.24. The average molecular weight is 273 g/mol. The van der Waals surface area contributed by atoms with Gasteiger partial charge >= 0.3 is 5.97 Å². The number of carboxylic acid groups (broad SMARTS) is 1. The van der Waals surface area contributed by atoms with E-state index in [0.717, 1.165) is 35.8 Å². The average Bonchev–Trinajstić information content (AvgIpc) is 2.27. The van der Waals surface area contributed by atoms with E-state index in [1.54, 1.807) is 0 Å². The predicted octanol–water partition coefficient (Wildman–Crippen LogP) is 4.22. The SMILES string of the molecule is O=C(O)CCCCCSCc1cccc(Cl)c1. The zero-order valence-corrected chi connectivity index (χ0v) is 11.3. The molecule has 0 aliphatic rings. The van der Waals surface area contributed by atoms with Crippen LogP contribution in [0.1, 0.15) is 31.2 Å². The van der Waals surface area contributed by atoms with Crippen LogP contribution in [0.25, 0.3) is 0 Å². The number of carboxylic acids is 1. The van der Waals surface area contributed by atoms with Crippen LogP contribution in [0.15, 0.2) is 24.3 Å². The van der Waals surface area contributed by atoms with Gasteiger partial charge in [0.1, 0.15) is 0 Å². The lowest BCUT2D eigenvalue weighted by Crippen LogP contribution is -1.94. The lowest BCUT2D eigenvalue weighted by atomic mass is 10.2. The maximum atomic E-state index is 10.3. The van der Waals surface area contributed by atoms with E-state index in [2.05, 4.69) is 6.07 Å². The highest BCUT2D eigenvalue weighted by Crippen LogP contribution is 2.17. The Bertz CT molecular complexity index is 355. The Hall–Kier alpha value is -0.670. The summed E-state index contributed by atoms with van der Waals surface area (Å²) in [7, 11) is 0. The molecule has 0 aliphatic carbocycles. The number of benzene rings is 1. The standard InChI is InChI=1S/C13H17ClO2S/c14-12-6-4-5-11(9-12)10-17-8-3-1-2-7-13(15)16/h4-6,9H,1-3,7-8,10H2,(H,15,16). The van der Waals surface area contributed by atoms with Crippen LogP contribution < -0.4 is 0 Å². The molecule has 17 heavy (non-hydrogen) atoms. The van der Waals surface area contributed by atoms with Crippen LogP contribution in [0.2, 0.25) is 5.02 Å². The molecular formula is C13H17ClO2S. The summed E-state index contributed by atoms with van der Waals surface area (Å²) in [5, 5.41) is 9.26. The van der Waals surface area contributed by atoms with Crippen LogP contribution in [0.4, 0.5) is 0 Å².